The van der Waals surface area contributed by atoms with Gasteiger partial charge in [-0.25, -0.2) is 44.3 Å². The number of phenols is 1. The highest BCUT2D eigenvalue weighted by molar-refractivity contribution is 9.10. The number of benzene rings is 8. The van der Waals surface area contributed by atoms with Crippen LogP contribution in [-0.2, 0) is 122 Å². The number of halogens is 3. The number of hydrogen-bond acceptors (Lipinski definition) is 13. The molecule has 20 rings (SSSR count). The molecule has 17 nitrogen and oxygen atoms in total. The van der Waals surface area contributed by atoms with Crippen LogP contribution in [0.4, 0.5) is 27.7 Å². The average molecular weight is 1850 g/mol. The van der Waals surface area contributed by atoms with Crippen LogP contribution in [0.5, 0.6) is 5.75 Å². The van der Waals surface area contributed by atoms with Crippen molar-refractivity contribution in [3.8, 4) is 50.8 Å². The van der Waals surface area contributed by atoms with Gasteiger partial charge in [-0.05, 0) is 219 Å². The van der Waals surface area contributed by atoms with Gasteiger partial charge in [0.2, 0.25) is 23.6 Å². The first kappa shape index (κ1) is 92.3. The summed E-state index contributed by atoms with van der Waals surface area (Å²) in [5, 5.41) is 22.5. The Hall–Kier alpha value is -11.5. The first-order valence-corrected chi connectivity index (χ1v) is 49.9. The monoisotopic (exact) mass is 1850 g/mol. The van der Waals surface area contributed by atoms with Crippen LogP contribution in [0.1, 0.15) is 244 Å². The Morgan fingerprint density at radius 3 is 0.826 bits per heavy atom. The summed E-state index contributed by atoms with van der Waals surface area (Å²) in [5.74, 6) is 5.03. The number of fused-ring (bicyclic) bond motifs is 12. The molecule has 4 heterocycles. The van der Waals surface area contributed by atoms with Crippen molar-refractivity contribution in [2.75, 3.05) is 21.3 Å². The van der Waals surface area contributed by atoms with E-state index in [0.717, 1.165) is 227 Å². The van der Waals surface area contributed by atoms with Crippen LogP contribution in [0.25, 0.3) is 45.0 Å². The van der Waals surface area contributed by atoms with Gasteiger partial charge in [-0.1, -0.05) is 302 Å². The van der Waals surface area contributed by atoms with Crippen molar-refractivity contribution >= 4 is 74.4 Å². The SMILES string of the molecule is O=C(Cc1ccc(Br)cc1)Nc1nc2c(nc1CCC1CCCCC1)-c1ccccc1CC2.O=C(Cc1ccc(Cl)cc1)Nc1nc2c(nc1CCC1CCCCC1)-c1ccccc1CC2.O=C(Cc1ccc(F)cc1)Nc1nc2c(nc1CCC1CCCCC1)-c1ccccc1CC2.O=C(Cc1ccc(O)cc1)Nc1nc2c(nc1CCC1CCCCC1)-c1ccccc1CC2. The third kappa shape index (κ3) is 24.8. The second kappa shape index (κ2) is 45.3. The largest absolute Gasteiger partial charge is 0.508 e. The topological polar surface area (TPSA) is 240 Å². The van der Waals surface area contributed by atoms with E-state index in [2.05, 4.69) is 134 Å². The Balaban J connectivity index is 0.000000123. The molecule has 0 atom stereocenters. The molecule has 12 aromatic rings. The number of nitrogens with zero attached hydrogens (tertiary/aromatic N) is 8. The van der Waals surface area contributed by atoms with E-state index in [1.807, 2.05) is 48.5 Å². The van der Waals surface area contributed by atoms with E-state index < -0.39 is 0 Å². The van der Waals surface area contributed by atoms with Crippen LogP contribution in [0.2, 0.25) is 5.02 Å². The number of aromatic hydroxyl groups is 1. The Labute approximate surface area is 789 Å². The van der Waals surface area contributed by atoms with Crippen LogP contribution >= 0.6 is 27.5 Å². The molecule has 0 unspecified atom stereocenters. The van der Waals surface area contributed by atoms with E-state index in [4.69, 9.17) is 51.5 Å². The van der Waals surface area contributed by atoms with Crippen molar-refractivity contribution in [2.24, 2.45) is 23.7 Å². The van der Waals surface area contributed by atoms with Crippen LogP contribution in [-0.4, -0.2) is 68.6 Å². The lowest BCUT2D eigenvalue weighted by Crippen LogP contribution is -2.20. The minimum atomic E-state index is -0.301. The fourth-order valence-corrected chi connectivity index (χ4v) is 21.1. The molecular weight excluding hydrogens is 1730 g/mol. The Morgan fingerprint density at radius 1 is 0.311 bits per heavy atom. The molecule has 132 heavy (non-hydrogen) atoms. The lowest BCUT2D eigenvalue weighted by Gasteiger charge is -2.23. The highest BCUT2D eigenvalue weighted by Gasteiger charge is 2.31. The molecule has 0 aliphatic heterocycles. The zero-order valence-electron chi connectivity index (χ0n) is 75.9. The van der Waals surface area contributed by atoms with Gasteiger partial charge in [0.15, 0.2) is 23.3 Å². The van der Waals surface area contributed by atoms with E-state index in [1.54, 1.807) is 36.4 Å². The number of aryl methyl sites for hydroxylation is 12. The molecular formula is C112H121BrClFN12O5. The Kier molecular flexibility index (Phi) is 31.7. The van der Waals surface area contributed by atoms with Gasteiger partial charge in [0, 0.05) is 31.7 Å². The van der Waals surface area contributed by atoms with Gasteiger partial charge >= 0.3 is 0 Å². The molecule has 4 fully saturated rings. The molecule has 4 saturated carbocycles. The van der Waals surface area contributed by atoms with Gasteiger partial charge < -0.3 is 26.4 Å². The predicted octanol–water partition coefficient (Wildman–Crippen LogP) is 25.0. The van der Waals surface area contributed by atoms with E-state index >= 15 is 0 Å². The fraction of sp³-hybridized carbons (Fsp3) is 0.393. The van der Waals surface area contributed by atoms with Crippen molar-refractivity contribution in [3.05, 3.63) is 299 Å². The average Bonchev–Trinajstić information content (AvgIpc) is 0.787. The number of carbonyl (C=O) groups is 4. The van der Waals surface area contributed by atoms with Gasteiger partial charge in [-0.2, -0.15) is 0 Å². The highest BCUT2D eigenvalue weighted by Crippen LogP contribution is 2.41. The molecule has 0 spiro atoms. The summed E-state index contributed by atoms with van der Waals surface area (Å²) < 4.78 is 14.2. The molecule has 0 radical (unpaired) electrons. The molecule has 0 bridgehead atoms. The molecule has 4 aromatic heterocycles. The van der Waals surface area contributed by atoms with E-state index in [9.17, 15) is 28.7 Å². The predicted molar refractivity (Wildman–Crippen MR) is 529 cm³/mol. The zero-order valence-corrected chi connectivity index (χ0v) is 78.2. The van der Waals surface area contributed by atoms with E-state index in [-0.39, 0.29) is 48.0 Å². The lowest BCUT2D eigenvalue weighted by atomic mass is 9.85. The second-order valence-electron chi connectivity index (χ2n) is 37.5. The van der Waals surface area contributed by atoms with Crippen LogP contribution in [0, 0.1) is 29.5 Å². The number of amides is 4. The zero-order chi connectivity index (χ0) is 90.5. The van der Waals surface area contributed by atoms with Crippen molar-refractivity contribution in [2.45, 2.75) is 257 Å². The standard InChI is InChI=1S/C28H30BrN3O.C28H30ClN3O.C28H30FN3O.C28H31N3O2/c3*29-22-14-10-20(11-15-22)18-26(33)32-28-25(16-12-19-6-2-1-3-7-19)30-27-23-9-5-4-8-21(23)13-17-24(27)31-28;32-22-14-10-20(11-15-22)18-26(33)31-28-25(16-12-19-6-2-1-3-7-19)29-27-23-9-5-4-8-21(23)13-17-24(27)30-28/h3*4-5,8-11,14-15,19H,1-3,6-7,12-13,16-18H2,(H,31,32,33);4-5,8-11,14-15,19,32H,1-3,6-7,12-13,16-18H2,(H,30,31,33). The normalized spacial score (nSPS) is 15.5. The number of aromatic nitrogens is 8. The van der Waals surface area contributed by atoms with Gasteiger partial charge in [0.05, 0.1) is 94.0 Å². The quantitative estimate of drug-likeness (QED) is 0.0379. The highest BCUT2D eigenvalue weighted by atomic mass is 79.9. The Bertz CT molecular complexity index is 5280. The second-order valence-corrected chi connectivity index (χ2v) is 38.9. The number of nitrogens with one attached hydrogen (secondary N) is 4. The van der Waals surface area contributed by atoms with Crippen molar-refractivity contribution in [1.82, 2.24) is 39.9 Å². The van der Waals surface area contributed by atoms with Crippen LogP contribution in [0.3, 0.4) is 0 Å². The summed E-state index contributed by atoms with van der Waals surface area (Å²) >= 11 is 9.43. The van der Waals surface area contributed by atoms with Gasteiger partial charge in [-0.15, -0.1) is 0 Å². The fourth-order valence-electron chi connectivity index (χ4n) is 20.7. The molecule has 0 saturated heterocycles. The molecule has 5 N–H and O–H groups in total. The summed E-state index contributed by atoms with van der Waals surface area (Å²) in [5.41, 5.74) is 25.0. The summed E-state index contributed by atoms with van der Waals surface area (Å²) in [7, 11) is 0. The summed E-state index contributed by atoms with van der Waals surface area (Å²) in [6.07, 6.45) is 42.4. The Morgan fingerprint density at radius 2 is 0.553 bits per heavy atom. The summed E-state index contributed by atoms with van der Waals surface area (Å²) in [4.78, 5) is 91.7. The lowest BCUT2D eigenvalue weighted by molar-refractivity contribution is -0.116. The van der Waals surface area contributed by atoms with E-state index in [1.165, 1.54) is 179 Å². The third-order valence-corrected chi connectivity index (χ3v) is 28.8. The van der Waals surface area contributed by atoms with Crippen LogP contribution < -0.4 is 21.3 Å². The van der Waals surface area contributed by atoms with Gasteiger partial charge in [0.1, 0.15) is 11.6 Å². The first-order valence-electron chi connectivity index (χ1n) is 48.7. The molecule has 8 aliphatic carbocycles. The number of hydrogen-bond donors (Lipinski definition) is 5. The molecule has 20 heteroatoms. The summed E-state index contributed by atoms with van der Waals surface area (Å²) in [6.45, 7) is 0. The molecule has 4 amide bonds. The van der Waals surface area contributed by atoms with Gasteiger partial charge in [0.25, 0.3) is 0 Å². The smallest absolute Gasteiger partial charge is 0.229 e. The third-order valence-electron chi connectivity index (χ3n) is 28.0. The van der Waals surface area contributed by atoms with Gasteiger partial charge in [-0.3, -0.25) is 19.2 Å². The van der Waals surface area contributed by atoms with Crippen molar-refractivity contribution < 1.29 is 28.7 Å². The van der Waals surface area contributed by atoms with Crippen molar-refractivity contribution in [3.63, 3.8) is 0 Å². The molecule has 680 valence electrons. The maximum absolute atomic E-state index is 13.2. The molecule has 8 aliphatic rings. The number of anilines is 4. The maximum atomic E-state index is 13.2. The van der Waals surface area contributed by atoms with Crippen molar-refractivity contribution in [1.29, 1.82) is 0 Å². The van der Waals surface area contributed by atoms with Crippen LogP contribution in [0.15, 0.2) is 199 Å². The number of rotatable bonds is 24. The summed E-state index contributed by atoms with van der Waals surface area (Å²) in [6, 6.07) is 62.0. The van der Waals surface area contributed by atoms with E-state index in [0.29, 0.717) is 41.1 Å². The first-order chi connectivity index (χ1) is 64.6. The maximum Gasteiger partial charge on any atom is 0.229 e. The molecule has 8 aromatic carbocycles. The minimum absolute atomic E-state index is 0.0401. The number of carbonyl (C=O) groups excluding carboxylic acids is 4. The minimum Gasteiger partial charge on any atom is -0.508 e. The number of phenolic OH excluding ortho intramolecular Hbond substituents is 1.